The minimum Gasteiger partial charge on any atom is -0.507 e. The zero-order valence-corrected chi connectivity index (χ0v) is 18.8. The van der Waals surface area contributed by atoms with Crippen molar-refractivity contribution in [3.63, 3.8) is 0 Å². The van der Waals surface area contributed by atoms with Crippen LogP contribution in [0, 0.1) is 23.7 Å². The van der Waals surface area contributed by atoms with Gasteiger partial charge in [0.2, 0.25) is 0 Å². The van der Waals surface area contributed by atoms with E-state index >= 15 is 0 Å². The summed E-state index contributed by atoms with van der Waals surface area (Å²) in [5.74, 6) is 10.2. The molecule has 7 nitrogen and oxygen atoms in total. The monoisotopic (exact) mass is 474 g/mol. The van der Waals surface area contributed by atoms with Crippen LogP contribution < -0.4 is 11.1 Å². The van der Waals surface area contributed by atoms with Crippen molar-refractivity contribution in [1.29, 1.82) is 0 Å². The van der Waals surface area contributed by atoms with Gasteiger partial charge in [0.05, 0.1) is 16.8 Å². The van der Waals surface area contributed by atoms with Gasteiger partial charge in [0, 0.05) is 23.2 Å². The molecule has 1 unspecified atom stereocenters. The Bertz CT molecular complexity index is 1730. The number of aliphatic hydroxyl groups excluding tert-OH is 1. The standard InChI is InChI=1S/C29H18N2O5/c30-13-14-7-8-15-10-17-18(11-16(15)9-14)26(34)23-21(32)12-19-25(24(23)27(17)35)31-20-5-3-1-2-4-6-22(33)29(19)28(20)36-29/h1-2,7-12,20,22,28,31-33H,13,30H2/b2-1-/t20-,22+,28?,29-/m0/s1. The van der Waals surface area contributed by atoms with Crippen molar-refractivity contribution in [2.75, 3.05) is 5.32 Å². The SMILES string of the molecule is NCc1ccc2cc3c(cc2c1)C(=O)c1c(O)cc2c(c1C3=O)N[C@H]1C#C/C=C\C#C[C@@H](O)[C@@]23OC13. The first-order valence-electron chi connectivity index (χ1n) is 11.5. The molecular weight excluding hydrogens is 456 g/mol. The first-order valence-corrected chi connectivity index (χ1v) is 11.5. The molecule has 0 spiro atoms. The minimum absolute atomic E-state index is 0.0494. The summed E-state index contributed by atoms with van der Waals surface area (Å²) in [5, 5.41) is 26.8. The number of aromatic hydroxyl groups is 1. The molecule has 36 heavy (non-hydrogen) atoms. The Morgan fingerprint density at radius 2 is 1.69 bits per heavy atom. The van der Waals surface area contributed by atoms with Crippen molar-refractivity contribution in [1.82, 2.24) is 0 Å². The van der Waals surface area contributed by atoms with Gasteiger partial charge in [0.25, 0.3) is 0 Å². The maximum Gasteiger partial charge on any atom is 0.198 e. The highest BCUT2D eigenvalue weighted by Gasteiger charge is 2.69. The molecule has 4 atom stereocenters. The zero-order chi connectivity index (χ0) is 24.8. The van der Waals surface area contributed by atoms with Crippen molar-refractivity contribution in [2.45, 2.75) is 30.4 Å². The van der Waals surface area contributed by atoms with Gasteiger partial charge in [-0.05, 0) is 52.8 Å². The van der Waals surface area contributed by atoms with Gasteiger partial charge in [-0.3, -0.25) is 9.59 Å². The molecule has 3 aromatic carbocycles. The number of ether oxygens (including phenoxy) is 1. The Morgan fingerprint density at radius 1 is 0.972 bits per heavy atom. The lowest BCUT2D eigenvalue weighted by molar-refractivity contribution is 0.0976. The number of phenolic OH excluding ortho intramolecular Hbond substituents is 1. The van der Waals surface area contributed by atoms with Crippen molar-refractivity contribution in [3.8, 4) is 29.4 Å². The average molecular weight is 474 g/mol. The van der Waals surface area contributed by atoms with E-state index < -0.39 is 35.4 Å². The molecule has 1 fully saturated rings. The number of anilines is 1. The van der Waals surface area contributed by atoms with Crippen LogP contribution in [-0.4, -0.2) is 40.0 Å². The number of rotatable bonds is 1. The van der Waals surface area contributed by atoms with Crippen LogP contribution in [0.15, 0.2) is 48.6 Å². The first-order chi connectivity index (χ1) is 17.4. The molecule has 4 aliphatic rings. The number of benzene rings is 3. The molecule has 2 bridgehead atoms. The van der Waals surface area contributed by atoms with Crippen LogP contribution in [0.4, 0.5) is 5.69 Å². The third kappa shape index (κ3) is 2.59. The van der Waals surface area contributed by atoms with Crippen molar-refractivity contribution in [3.05, 3.63) is 81.9 Å². The van der Waals surface area contributed by atoms with Crippen LogP contribution in [0.3, 0.4) is 0 Å². The molecule has 2 aliphatic carbocycles. The number of ketones is 2. The predicted molar refractivity (Wildman–Crippen MR) is 131 cm³/mol. The summed E-state index contributed by atoms with van der Waals surface area (Å²) in [6.45, 7) is 0.349. The number of fused-ring (bicyclic) bond motifs is 5. The number of hydrogen-bond donors (Lipinski definition) is 4. The highest BCUT2D eigenvalue weighted by Crippen LogP contribution is 2.59. The summed E-state index contributed by atoms with van der Waals surface area (Å²) in [6, 6.07) is 9.84. The number of aliphatic hydroxyl groups is 1. The van der Waals surface area contributed by atoms with Gasteiger partial charge in [-0.15, -0.1) is 0 Å². The summed E-state index contributed by atoms with van der Waals surface area (Å²) < 4.78 is 5.99. The maximum atomic E-state index is 13.9. The molecule has 7 heteroatoms. The van der Waals surface area contributed by atoms with E-state index in [0.29, 0.717) is 17.8 Å². The summed E-state index contributed by atoms with van der Waals surface area (Å²) in [5.41, 5.74) is 6.54. The second kappa shape index (κ2) is 7.07. The Kier molecular flexibility index (Phi) is 4.11. The van der Waals surface area contributed by atoms with Gasteiger partial charge in [-0.1, -0.05) is 35.8 Å². The second-order valence-electron chi connectivity index (χ2n) is 9.28. The molecular formula is C29H18N2O5. The number of carbonyl (C=O) groups excluding carboxylic acids is 2. The van der Waals surface area contributed by atoms with Gasteiger partial charge in [-0.2, -0.15) is 0 Å². The van der Waals surface area contributed by atoms with E-state index in [0.717, 1.165) is 16.3 Å². The molecule has 1 saturated heterocycles. The summed E-state index contributed by atoms with van der Waals surface area (Å²) in [4.78, 5) is 27.6. The van der Waals surface area contributed by atoms with E-state index in [4.69, 9.17) is 10.5 Å². The fraction of sp³-hybridized carbons (Fsp3) is 0.172. The van der Waals surface area contributed by atoms with Crippen molar-refractivity contribution >= 4 is 28.0 Å². The van der Waals surface area contributed by atoms with Gasteiger partial charge < -0.3 is 26.0 Å². The number of phenols is 1. The molecule has 5 N–H and O–H groups in total. The molecule has 0 radical (unpaired) electrons. The number of nitrogens with one attached hydrogen (secondary N) is 1. The summed E-state index contributed by atoms with van der Waals surface area (Å²) in [7, 11) is 0. The molecule has 2 heterocycles. The normalized spacial score (nSPS) is 27.1. The molecule has 7 rings (SSSR count). The summed E-state index contributed by atoms with van der Waals surface area (Å²) >= 11 is 0. The van der Waals surface area contributed by atoms with E-state index in [1.807, 2.05) is 18.2 Å². The minimum atomic E-state index is -1.27. The summed E-state index contributed by atoms with van der Waals surface area (Å²) in [6.07, 6.45) is 1.35. The Hall–Kier alpha value is -4.40. The van der Waals surface area contributed by atoms with E-state index in [1.54, 1.807) is 18.2 Å². The van der Waals surface area contributed by atoms with Gasteiger partial charge in [0.15, 0.2) is 23.3 Å². The molecule has 3 aromatic rings. The van der Waals surface area contributed by atoms with Gasteiger partial charge in [-0.25, -0.2) is 0 Å². The number of epoxide rings is 1. The maximum absolute atomic E-state index is 13.9. The van der Waals surface area contributed by atoms with E-state index in [2.05, 4.69) is 29.0 Å². The van der Waals surface area contributed by atoms with E-state index in [9.17, 15) is 19.8 Å². The van der Waals surface area contributed by atoms with Crippen molar-refractivity contribution in [2.24, 2.45) is 5.73 Å². The lowest BCUT2D eigenvalue weighted by Gasteiger charge is -2.32. The largest absolute Gasteiger partial charge is 0.507 e. The predicted octanol–water partition coefficient (Wildman–Crippen LogP) is 2.11. The third-order valence-electron chi connectivity index (χ3n) is 7.35. The van der Waals surface area contributed by atoms with Crippen LogP contribution in [0.5, 0.6) is 5.75 Å². The van der Waals surface area contributed by atoms with Crippen LogP contribution in [0.25, 0.3) is 10.8 Å². The van der Waals surface area contributed by atoms with Crippen molar-refractivity contribution < 1.29 is 24.5 Å². The highest BCUT2D eigenvalue weighted by molar-refractivity contribution is 6.32. The molecule has 0 saturated carbocycles. The quantitative estimate of drug-likeness (QED) is 0.189. The number of nitrogens with two attached hydrogens (primary N) is 1. The number of hydrogen-bond acceptors (Lipinski definition) is 7. The van der Waals surface area contributed by atoms with Crippen LogP contribution in [0.2, 0.25) is 0 Å². The molecule has 0 amide bonds. The van der Waals surface area contributed by atoms with Gasteiger partial charge >= 0.3 is 0 Å². The Balaban J connectivity index is 1.48. The zero-order valence-electron chi connectivity index (χ0n) is 18.8. The Labute approximate surface area is 205 Å². The number of carbonyl (C=O) groups is 2. The van der Waals surface area contributed by atoms with Crippen LogP contribution in [0.1, 0.15) is 43.0 Å². The van der Waals surface area contributed by atoms with E-state index in [-0.39, 0.29) is 28.0 Å². The Morgan fingerprint density at radius 3 is 2.47 bits per heavy atom. The first kappa shape index (κ1) is 20.9. The van der Waals surface area contributed by atoms with Crippen LogP contribution >= 0.6 is 0 Å². The smallest absolute Gasteiger partial charge is 0.198 e. The number of allylic oxidation sites excluding steroid dienone is 2. The van der Waals surface area contributed by atoms with E-state index in [1.165, 1.54) is 12.1 Å². The fourth-order valence-corrected chi connectivity index (χ4v) is 5.58. The fourth-order valence-electron chi connectivity index (χ4n) is 5.58. The lowest BCUT2D eigenvalue weighted by Crippen LogP contribution is -2.42. The van der Waals surface area contributed by atoms with Gasteiger partial charge in [0.1, 0.15) is 17.9 Å². The molecule has 0 aromatic heterocycles. The molecule has 174 valence electrons. The highest BCUT2D eigenvalue weighted by atomic mass is 16.6. The second-order valence-corrected chi connectivity index (χ2v) is 9.28. The van der Waals surface area contributed by atoms with Crippen LogP contribution in [-0.2, 0) is 16.9 Å². The third-order valence-corrected chi connectivity index (χ3v) is 7.35. The average Bonchev–Trinajstić information content (AvgIpc) is 3.65. The lowest BCUT2D eigenvalue weighted by atomic mass is 9.75. The molecule has 2 aliphatic heterocycles. The topological polar surface area (TPSA) is 125 Å².